The number of piperidine rings is 1. The summed E-state index contributed by atoms with van der Waals surface area (Å²) in [6, 6.07) is 6.73. The number of aliphatic hydroxyl groups is 1. The number of amides is 1. The monoisotopic (exact) mass is 349 g/mol. The van der Waals surface area contributed by atoms with Crippen LogP contribution in [0.25, 0.3) is 0 Å². The summed E-state index contributed by atoms with van der Waals surface area (Å²) >= 11 is 0. The summed E-state index contributed by atoms with van der Waals surface area (Å²) in [5, 5.41) is 23.2. The Morgan fingerprint density at radius 1 is 1.36 bits per heavy atom. The van der Waals surface area contributed by atoms with Crippen molar-refractivity contribution < 1.29 is 14.8 Å². The summed E-state index contributed by atoms with van der Waals surface area (Å²) in [6.07, 6.45) is 2.00. The summed E-state index contributed by atoms with van der Waals surface area (Å²) in [6.45, 7) is 5.93. The van der Waals surface area contributed by atoms with Crippen LogP contribution in [0.3, 0.4) is 0 Å². The number of benzene rings is 1. The minimum Gasteiger partial charge on any atom is -0.396 e. The molecule has 0 aliphatic carbocycles. The van der Waals surface area contributed by atoms with E-state index in [4.69, 9.17) is 5.11 Å². The Kier molecular flexibility index (Phi) is 6.36. The third-order valence-corrected chi connectivity index (χ3v) is 4.81. The van der Waals surface area contributed by atoms with Gasteiger partial charge >= 0.3 is 0 Å². The average Bonchev–Trinajstić information content (AvgIpc) is 2.60. The Morgan fingerprint density at radius 3 is 2.60 bits per heavy atom. The Morgan fingerprint density at radius 2 is 2.00 bits per heavy atom. The van der Waals surface area contributed by atoms with Crippen molar-refractivity contribution in [2.75, 3.05) is 31.1 Å². The SMILES string of the molecule is CC(C)(CCO)CNC(=O)C1CCN(c2ccccc2[N+](=O)[O-])CC1. The first-order valence-corrected chi connectivity index (χ1v) is 8.71. The smallest absolute Gasteiger partial charge is 0.292 e. The molecule has 1 aliphatic rings. The predicted molar refractivity (Wildman–Crippen MR) is 96.5 cm³/mol. The van der Waals surface area contributed by atoms with Crippen molar-refractivity contribution >= 4 is 17.3 Å². The summed E-state index contributed by atoms with van der Waals surface area (Å²) in [5.41, 5.74) is 0.599. The van der Waals surface area contributed by atoms with Gasteiger partial charge in [-0.2, -0.15) is 0 Å². The van der Waals surface area contributed by atoms with Crippen LogP contribution >= 0.6 is 0 Å². The molecule has 0 spiro atoms. The molecule has 7 heteroatoms. The fraction of sp³-hybridized carbons (Fsp3) is 0.611. The molecule has 25 heavy (non-hydrogen) atoms. The van der Waals surface area contributed by atoms with Crippen molar-refractivity contribution in [3.05, 3.63) is 34.4 Å². The van der Waals surface area contributed by atoms with Crippen molar-refractivity contribution in [2.24, 2.45) is 11.3 Å². The van der Waals surface area contributed by atoms with Crippen LogP contribution in [-0.4, -0.2) is 42.2 Å². The molecule has 0 saturated carbocycles. The number of para-hydroxylation sites is 2. The van der Waals surface area contributed by atoms with Crippen molar-refractivity contribution in [1.82, 2.24) is 5.32 Å². The lowest BCUT2D eigenvalue weighted by molar-refractivity contribution is -0.384. The highest BCUT2D eigenvalue weighted by Gasteiger charge is 2.29. The number of hydrogen-bond donors (Lipinski definition) is 2. The zero-order valence-corrected chi connectivity index (χ0v) is 14.9. The largest absolute Gasteiger partial charge is 0.396 e. The predicted octanol–water partition coefficient (Wildman–Crippen LogP) is 2.34. The highest BCUT2D eigenvalue weighted by Crippen LogP contribution is 2.31. The fourth-order valence-corrected chi connectivity index (χ4v) is 3.13. The maximum Gasteiger partial charge on any atom is 0.292 e. The molecule has 1 fully saturated rings. The van der Waals surface area contributed by atoms with Gasteiger partial charge in [-0.05, 0) is 30.7 Å². The van der Waals surface area contributed by atoms with Gasteiger partial charge in [0.05, 0.1) is 4.92 Å². The number of aliphatic hydroxyl groups excluding tert-OH is 1. The molecule has 0 radical (unpaired) electrons. The van der Waals surface area contributed by atoms with Gasteiger partial charge in [0.1, 0.15) is 5.69 Å². The number of rotatable bonds is 7. The molecule has 1 saturated heterocycles. The Bertz CT molecular complexity index is 610. The number of hydrogen-bond acceptors (Lipinski definition) is 5. The number of nitrogens with one attached hydrogen (secondary N) is 1. The van der Waals surface area contributed by atoms with Gasteiger partial charge in [0.15, 0.2) is 0 Å². The molecule has 2 N–H and O–H groups in total. The standard InChI is InChI=1S/C18H27N3O4/c1-18(2,9-12-22)13-19-17(23)14-7-10-20(11-8-14)15-5-3-4-6-16(15)21(24)25/h3-6,14,22H,7-13H2,1-2H3,(H,19,23). The Hall–Kier alpha value is -2.15. The van der Waals surface area contributed by atoms with Crippen LogP contribution in [-0.2, 0) is 4.79 Å². The summed E-state index contributed by atoms with van der Waals surface area (Å²) in [5.74, 6) is -0.0304. The van der Waals surface area contributed by atoms with E-state index in [-0.39, 0.29) is 34.5 Å². The van der Waals surface area contributed by atoms with Gasteiger partial charge in [-0.3, -0.25) is 14.9 Å². The van der Waals surface area contributed by atoms with E-state index in [9.17, 15) is 14.9 Å². The second kappa shape index (κ2) is 8.29. The number of nitrogens with zero attached hydrogens (tertiary/aromatic N) is 2. The Labute approximate surface area is 148 Å². The molecular formula is C18H27N3O4. The minimum atomic E-state index is -0.364. The van der Waals surface area contributed by atoms with E-state index in [2.05, 4.69) is 5.32 Å². The van der Waals surface area contributed by atoms with Crippen molar-refractivity contribution in [1.29, 1.82) is 0 Å². The van der Waals surface area contributed by atoms with Crippen molar-refractivity contribution in [3.63, 3.8) is 0 Å². The average molecular weight is 349 g/mol. The van der Waals surface area contributed by atoms with E-state index in [1.54, 1.807) is 18.2 Å². The molecule has 1 aliphatic heterocycles. The van der Waals surface area contributed by atoms with E-state index in [0.29, 0.717) is 44.6 Å². The van der Waals surface area contributed by atoms with Gasteiger partial charge in [-0.25, -0.2) is 0 Å². The molecule has 0 aromatic heterocycles. The van der Waals surface area contributed by atoms with E-state index in [1.165, 1.54) is 6.07 Å². The van der Waals surface area contributed by atoms with Crippen LogP contribution in [0.15, 0.2) is 24.3 Å². The van der Waals surface area contributed by atoms with Crippen LogP contribution in [0.2, 0.25) is 0 Å². The van der Waals surface area contributed by atoms with Crippen LogP contribution in [0.1, 0.15) is 33.1 Å². The van der Waals surface area contributed by atoms with Gasteiger partial charge in [-0.1, -0.05) is 26.0 Å². The molecule has 2 rings (SSSR count). The highest BCUT2D eigenvalue weighted by molar-refractivity contribution is 5.79. The molecule has 0 atom stereocenters. The third kappa shape index (κ3) is 5.16. The molecule has 0 bridgehead atoms. The summed E-state index contributed by atoms with van der Waals surface area (Å²) in [4.78, 5) is 25.2. The Balaban J connectivity index is 1.89. The fourth-order valence-electron chi connectivity index (χ4n) is 3.13. The first kappa shape index (κ1) is 19.2. The quantitative estimate of drug-likeness (QED) is 0.582. The second-order valence-electron chi connectivity index (χ2n) is 7.36. The van der Waals surface area contributed by atoms with Gasteiger partial charge in [0.25, 0.3) is 5.69 Å². The first-order chi connectivity index (χ1) is 11.8. The van der Waals surface area contributed by atoms with Crippen LogP contribution < -0.4 is 10.2 Å². The van der Waals surface area contributed by atoms with Crippen molar-refractivity contribution in [3.8, 4) is 0 Å². The number of nitro benzene ring substituents is 1. The highest BCUT2D eigenvalue weighted by atomic mass is 16.6. The van der Waals surface area contributed by atoms with Crippen molar-refractivity contribution in [2.45, 2.75) is 33.1 Å². The lowest BCUT2D eigenvalue weighted by atomic mass is 9.89. The lowest BCUT2D eigenvalue weighted by Crippen LogP contribution is -2.43. The summed E-state index contributed by atoms with van der Waals surface area (Å²) in [7, 11) is 0. The minimum absolute atomic E-state index is 0.0354. The molecule has 0 unspecified atom stereocenters. The van der Waals surface area contributed by atoms with Crippen LogP contribution in [0.5, 0.6) is 0 Å². The van der Waals surface area contributed by atoms with E-state index < -0.39 is 0 Å². The number of anilines is 1. The van der Waals surface area contributed by atoms with Gasteiger partial charge in [-0.15, -0.1) is 0 Å². The normalized spacial score (nSPS) is 15.9. The second-order valence-corrected chi connectivity index (χ2v) is 7.36. The third-order valence-electron chi connectivity index (χ3n) is 4.81. The zero-order valence-electron chi connectivity index (χ0n) is 14.9. The summed E-state index contributed by atoms with van der Waals surface area (Å²) < 4.78 is 0. The van der Waals surface area contributed by atoms with E-state index in [0.717, 1.165) is 0 Å². The van der Waals surface area contributed by atoms with Crippen LogP contribution in [0.4, 0.5) is 11.4 Å². The van der Waals surface area contributed by atoms with Crippen LogP contribution in [0, 0.1) is 21.4 Å². The van der Waals surface area contributed by atoms with E-state index >= 15 is 0 Å². The molecule has 1 heterocycles. The maximum atomic E-state index is 12.4. The lowest BCUT2D eigenvalue weighted by Gasteiger charge is -2.33. The maximum absolute atomic E-state index is 12.4. The molecule has 7 nitrogen and oxygen atoms in total. The molecule has 1 aromatic carbocycles. The number of nitro groups is 1. The molecular weight excluding hydrogens is 322 g/mol. The topological polar surface area (TPSA) is 95.7 Å². The zero-order chi connectivity index (χ0) is 18.4. The molecule has 1 aromatic rings. The molecule has 138 valence electrons. The van der Waals surface area contributed by atoms with Gasteiger partial charge in [0.2, 0.25) is 5.91 Å². The first-order valence-electron chi connectivity index (χ1n) is 8.71. The molecule has 1 amide bonds. The van der Waals surface area contributed by atoms with Gasteiger partial charge in [0, 0.05) is 38.2 Å². The number of carbonyl (C=O) groups excluding carboxylic acids is 1. The van der Waals surface area contributed by atoms with Gasteiger partial charge < -0.3 is 15.3 Å². The van der Waals surface area contributed by atoms with E-state index in [1.807, 2.05) is 18.7 Å². The number of carbonyl (C=O) groups is 1.